The summed E-state index contributed by atoms with van der Waals surface area (Å²) in [6.07, 6.45) is -0.466. The van der Waals surface area contributed by atoms with Crippen molar-refractivity contribution in [2.45, 2.75) is 26.4 Å². The summed E-state index contributed by atoms with van der Waals surface area (Å²) in [5.41, 5.74) is 1.74. The van der Waals surface area contributed by atoms with E-state index in [0.29, 0.717) is 23.0 Å². The second-order valence-electron chi connectivity index (χ2n) is 7.46. The van der Waals surface area contributed by atoms with Gasteiger partial charge in [0.05, 0.1) is 25.9 Å². The highest BCUT2D eigenvalue weighted by Crippen LogP contribution is 2.44. The second kappa shape index (κ2) is 9.85. The molecule has 0 spiro atoms. The molecule has 33 heavy (non-hydrogen) atoms. The number of esters is 2. The van der Waals surface area contributed by atoms with Gasteiger partial charge in [-0.2, -0.15) is 0 Å². The van der Waals surface area contributed by atoms with E-state index in [1.807, 2.05) is 24.3 Å². The molecule has 0 aliphatic carbocycles. The lowest BCUT2D eigenvalue weighted by Crippen LogP contribution is -2.27. The van der Waals surface area contributed by atoms with E-state index in [-0.39, 0.29) is 32.0 Å². The van der Waals surface area contributed by atoms with Gasteiger partial charge in [-0.05, 0) is 49.2 Å². The van der Waals surface area contributed by atoms with Crippen molar-refractivity contribution in [2.24, 2.45) is 5.92 Å². The van der Waals surface area contributed by atoms with Gasteiger partial charge in [-0.25, -0.2) is 4.79 Å². The third-order valence-corrected chi connectivity index (χ3v) is 5.47. The molecule has 2 aliphatic heterocycles. The highest BCUT2D eigenvalue weighted by molar-refractivity contribution is 5.97. The first-order valence-corrected chi connectivity index (χ1v) is 10.8. The van der Waals surface area contributed by atoms with Crippen LogP contribution in [0.1, 0.15) is 31.1 Å². The van der Waals surface area contributed by atoms with Crippen LogP contribution in [-0.4, -0.2) is 39.1 Å². The van der Waals surface area contributed by atoms with Crippen LogP contribution in [0.2, 0.25) is 0 Å². The fourth-order valence-corrected chi connectivity index (χ4v) is 3.96. The lowest BCUT2D eigenvalue weighted by molar-refractivity contribution is -0.152. The van der Waals surface area contributed by atoms with Crippen molar-refractivity contribution in [1.29, 1.82) is 0 Å². The molecule has 2 aromatic rings. The van der Waals surface area contributed by atoms with Crippen molar-refractivity contribution in [3.63, 3.8) is 0 Å². The summed E-state index contributed by atoms with van der Waals surface area (Å²) >= 11 is 0. The SMILES string of the molecule is CCOC(=O)C1=C(Cc2ccc3c(c2)OCO3)O[C@@H](c2ccc(OC)cc2)[C@H]1C(=O)OCC. The van der Waals surface area contributed by atoms with Gasteiger partial charge in [0.1, 0.15) is 23.5 Å². The predicted molar refractivity (Wildman–Crippen MR) is 117 cm³/mol. The first kappa shape index (κ1) is 22.5. The number of carbonyl (C=O) groups excluding carboxylic acids is 2. The second-order valence-corrected chi connectivity index (χ2v) is 7.46. The minimum absolute atomic E-state index is 0.163. The predicted octanol–water partition coefficient (Wildman–Crippen LogP) is 3.73. The molecular formula is C25H26O8. The monoisotopic (exact) mass is 454 g/mol. The van der Waals surface area contributed by atoms with Crippen LogP contribution < -0.4 is 14.2 Å². The molecule has 2 aliphatic rings. The van der Waals surface area contributed by atoms with E-state index >= 15 is 0 Å². The van der Waals surface area contributed by atoms with Gasteiger partial charge < -0.3 is 28.4 Å². The van der Waals surface area contributed by atoms with Gasteiger partial charge in [0.2, 0.25) is 6.79 Å². The quantitative estimate of drug-likeness (QED) is 0.558. The molecule has 0 N–H and O–H groups in total. The van der Waals surface area contributed by atoms with Crippen LogP contribution in [0.25, 0.3) is 0 Å². The topological polar surface area (TPSA) is 89.5 Å². The van der Waals surface area contributed by atoms with Crippen molar-refractivity contribution in [3.8, 4) is 17.2 Å². The third-order valence-electron chi connectivity index (χ3n) is 5.47. The highest BCUT2D eigenvalue weighted by atomic mass is 16.7. The molecule has 0 radical (unpaired) electrons. The van der Waals surface area contributed by atoms with Crippen molar-refractivity contribution >= 4 is 11.9 Å². The maximum atomic E-state index is 13.0. The minimum Gasteiger partial charge on any atom is -0.497 e. The molecule has 0 saturated heterocycles. The normalized spacial score (nSPS) is 18.6. The summed E-state index contributed by atoms with van der Waals surface area (Å²) in [7, 11) is 1.58. The largest absolute Gasteiger partial charge is 0.497 e. The van der Waals surface area contributed by atoms with Crippen LogP contribution in [0.3, 0.4) is 0 Å². The van der Waals surface area contributed by atoms with Gasteiger partial charge >= 0.3 is 11.9 Å². The Labute approximate surface area is 192 Å². The summed E-state index contributed by atoms with van der Waals surface area (Å²) in [4.78, 5) is 26.0. The zero-order valence-electron chi connectivity index (χ0n) is 18.8. The number of fused-ring (bicyclic) bond motifs is 1. The smallest absolute Gasteiger partial charge is 0.338 e. The van der Waals surface area contributed by atoms with E-state index < -0.39 is 24.0 Å². The number of rotatable bonds is 8. The third kappa shape index (κ3) is 4.60. The Morgan fingerprint density at radius 1 is 0.970 bits per heavy atom. The van der Waals surface area contributed by atoms with Gasteiger partial charge in [0, 0.05) is 6.42 Å². The molecule has 2 aromatic carbocycles. The number of ether oxygens (including phenoxy) is 6. The Morgan fingerprint density at radius 3 is 2.39 bits per heavy atom. The van der Waals surface area contributed by atoms with Crippen LogP contribution in [0.5, 0.6) is 17.2 Å². The molecular weight excluding hydrogens is 428 g/mol. The average Bonchev–Trinajstić information content (AvgIpc) is 3.44. The number of allylic oxidation sites excluding steroid dienone is 1. The van der Waals surface area contributed by atoms with Crippen molar-refractivity contribution < 1.29 is 38.0 Å². The van der Waals surface area contributed by atoms with Gasteiger partial charge in [-0.1, -0.05) is 18.2 Å². The number of carbonyl (C=O) groups is 2. The van der Waals surface area contributed by atoms with Crippen molar-refractivity contribution in [1.82, 2.24) is 0 Å². The summed E-state index contributed by atoms with van der Waals surface area (Å²) in [6.45, 7) is 3.95. The number of methoxy groups -OCH3 is 1. The fraction of sp³-hybridized carbons (Fsp3) is 0.360. The van der Waals surface area contributed by atoms with Gasteiger partial charge in [-0.3, -0.25) is 4.79 Å². The van der Waals surface area contributed by atoms with Crippen molar-refractivity contribution in [3.05, 3.63) is 64.9 Å². The molecule has 0 saturated carbocycles. The van der Waals surface area contributed by atoms with Crippen LogP contribution >= 0.6 is 0 Å². The summed E-state index contributed by atoms with van der Waals surface area (Å²) < 4.78 is 33.0. The molecule has 8 heteroatoms. The standard InChI is InChI=1S/C25H26O8/c1-4-29-24(26)21-20(13-15-6-11-18-19(12-15)32-14-31-18)33-23(22(21)25(27)30-5-2)16-7-9-17(28-3)10-8-16/h6-12,22-23H,4-5,13-14H2,1-3H3/t22-,23-/m0/s1. The maximum absolute atomic E-state index is 13.0. The van der Waals surface area contributed by atoms with Gasteiger partial charge in [0.15, 0.2) is 11.5 Å². The molecule has 2 heterocycles. The average molecular weight is 454 g/mol. The van der Waals surface area contributed by atoms with Crippen molar-refractivity contribution in [2.75, 3.05) is 27.1 Å². The first-order chi connectivity index (χ1) is 16.0. The molecule has 0 bridgehead atoms. The Balaban J connectivity index is 1.73. The molecule has 174 valence electrons. The highest BCUT2D eigenvalue weighted by Gasteiger charge is 2.47. The lowest BCUT2D eigenvalue weighted by atomic mass is 9.89. The molecule has 0 aromatic heterocycles. The van der Waals surface area contributed by atoms with Gasteiger partial charge in [0.25, 0.3) is 0 Å². The van der Waals surface area contributed by atoms with Gasteiger partial charge in [-0.15, -0.1) is 0 Å². The van der Waals surface area contributed by atoms with E-state index in [4.69, 9.17) is 28.4 Å². The van der Waals surface area contributed by atoms with E-state index in [0.717, 1.165) is 11.1 Å². The van der Waals surface area contributed by atoms with Crippen LogP contribution in [0.15, 0.2) is 53.8 Å². The zero-order chi connectivity index (χ0) is 23.4. The molecule has 0 amide bonds. The first-order valence-electron chi connectivity index (χ1n) is 10.8. The van der Waals surface area contributed by atoms with Crippen LogP contribution in [-0.2, 0) is 30.2 Å². The van der Waals surface area contributed by atoms with E-state index in [2.05, 4.69) is 0 Å². The Kier molecular flexibility index (Phi) is 6.72. The van der Waals surface area contributed by atoms with E-state index in [9.17, 15) is 9.59 Å². The Bertz CT molecular complexity index is 1060. The number of hydrogen-bond acceptors (Lipinski definition) is 8. The fourth-order valence-electron chi connectivity index (χ4n) is 3.96. The minimum atomic E-state index is -0.957. The molecule has 8 nitrogen and oxygen atoms in total. The van der Waals surface area contributed by atoms with Crippen LogP contribution in [0.4, 0.5) is 0 Å². The molecule has 2 atom stereocenters. The molecule has 0 fully saturated rings. The van der Waals surface area contributed by atoms with E-state index in [1.165, 1.54) is 0 Å². The summed E-state index contributed by atoms with van der Waals surface area (Å²) in [5.74, 6) is 0.226. The maximum Gasteiger partial charge on any atom is 0.338 e. The molecule has 4 rings (SSSR count). The molecule has 0 unspecified atom stereocenters. The lowest BCUT2D eigenvalue weighted by Gasteiger charge is -2.20. The van der Waals surface area contributed by atoms with Crippen LogP contribution in [0, 0.1) is 5.92 Å². The number of benzene rings is 2. The Morgan fingerprint density at radius 2 is 1.70 bits per heavy atom. The summed E-state index contributed by atoms with van der Waals surface area (Å²) in [6, 6.07) is 12.7. The summed E-state index contributed by atoms with van der Waals surface area (Å²) in [5, 5.41) is 0. The van der Waals surface area contributed by atoms with E-state index in [1.54, 1.807) is 39.2 Å². The number of hydrogen-bond donors (Lipinski definition) is 0. The Hall–Kier alpha value is -3.68. The zero-order valence-corrected chi connectivity index (χ0v) is 18.8.